The molecule has 0 amide bonds. The Kier molecular flexibility index (Phi) is 10.3. The van der Waals surface area contributed by atoms with Gasteiger partial charge in [-0.05, 0) is 83.6 Å². The minimum absolute atomic E-state index is 0.0856. The monoisotopic (exact) mass is 711 g/mol. The summed E-state index contributed by atoms with van der Waals surface area (Å²) in [7, 11) is 0. The molecule has 1 heterocycles. The van der Waals surface area contributed by atoms with Crippen LogP contribution in [0, 0.1) is 0 Å². The highest BCUT2D eigenvalue weighted by Crippen LogP contribution is 2.55. The SMILES string of the molecule is CCCCCCCCC1(CCCCCCCC)c2ccccc2-c2ccc(-n3c4ccc(Br)cc4c4cc(Br)ccc43)cc21. The fourth-order valence-corrected chi connectivity index (χ4v) is 8.63. The molecule has 0 radical (unpaired) electrons. The molecule has 1 aromatic heterocycles. The standard InChI is InChI=1S/C41H47Br2N/c1-3-5-7-9-11-15-25-41(26-16-12-10-8-6-4-2)37-18-14-13-17-33(37)34-22-21-32(29-38(34)41)44-39-23-19-30(42)27-35(39)36-28-31(43)20-24-40(36)44/h13-14,17-24,27-29H,3-12,15-16,25-26H2,1-2H3. The van der Waals surface area contributed by atoms with Crippen LogP contribution in [0.4, 0.5) is 0 Å². The Morgan fingerprint density at radius 2 is 1.05 bits per heavy atom. The molecule has 3 heteroatoms. The molecule has 0 spiro atoms. The first-order chi connectivity index (χ1) is 21.6. The third kappa shape index (κ3) is 6.21. The summed E-state index contributed by atoms with van der Waals surface area (Å²) in [5, 5.41) is 2.56. The van der Waals surface area contributed by atoms with Crippen LogP contribution >= 0.6 is 31.9 Å². The molecule has 5 aromatic rings. The lowest BCUT2D eigenvalue weighted by Crippen LogP contribution is -2.25. The van der Waals surface area contributed by atoms with E-state index in [9.17, 15) is 0 Å². The van der Waals surface area contributed by atoms with E-state index in [0.717, 1.165) is 8.95 Å². The number of hydrogen-bond acceptors (Lipinski definition) is 0. The predicted molar refractivity (Wildman–Crippen MR) is 198 cm³/mol. The number of benzene rings is 4. The number of aromatic nitrogens is 1. The van der Waals surface area contributed by atoms with E-state index in [1.165, 1.54) is 129 Å². The molecule has 1 aliphatic rings. The molecule has 1 nitrogen and oxygen atoms in total. The summed E-state index contributed by atoms with van der Waals surface area (Å²) < 4.78 is 4.73. The first kappa shape index (κ1) is 31.6. The van der Waals surface area contributed by atoms with Gasteiger partial charge in [-0.2, -0.15) is 0 Å². The van der Waals surface area contributed by atoms with Gasteiger partial charge in [0.05, 0.1) is 11.0 Å². The minimum Gasteiger partial charge on any atom is -0.309 e. The van der Waals surface area contributed by atoms with Gasteiger partial charge >= 0.3 is 0 Å². The van der Waals surface area contributed by atoms with Gasteiger partial charge in [-0.15, -0.1) is 0 Å². The molecule has 0 saturated carbocycles. The topological polar surface area (TPSA) is 4.93 Å². The van der Waals surface area contributed by atoms with E-state index in [1.807, 2.05) is 0 Å². The molecular weight excluding hydrogens is 666 g/mol. The molecule has 0 bridgehead atoms. The molecule has 0 N–H and O–H groups in total. The van der Waals surface area contributed by atoms with Gasteiger partial charge < -0.3 is 4.57 Å². The smallest absolute Gasteiger partial charge is 0.0541 e. The van der Waals surface area contributed by atoms with Gasteiger partial charge in [0.15, 0.2) is 0 Å². The third-order valence-corrected chi connectivity index (χ3v) is 11.1. The molecule has 1 aliphatic carbocycles. The van der Waals surface area contributed by atoms with E-state index in [0.29, 0.717) is 0 Å². The van der Waals surface area contributed by atoms with Crippen molar-refractivity contribution in [3.63, 3.8) is 0 Å². The van der Waals surface area contributed by atoms with Crippen molar-refractivity contribution in [2.75, 3.05) is 0 Å². The van der Waals surface area contributed by atoms with Gasteiger partial charge in [0.25, 0.3) is 0 Å². The van der Waals surface area contributed by atoms with Crippen molar-refractivity contribution in [2.45, 2.75) is 109 Å². The molecule has 4 aromatic carbocycles. The first-order valence-corrected chi connectivity index (χ1v) is 18.8. The highest BCUT2D eigenvalue weighted by Gasteiger charge is 2.42. The van der Waals surface area contributed by atoms with Crippen molar-refractivity contribution in [2.24, 2.45) is 0 Å². The number of hydrogen-bond donors (Lipinski definition) is 0. The number of halogens is 2. The average molecular weight is 714 g/mol. The Bertz CT molecular complexity index is 1650. The zero-order valence-electron chi connectivity index (χ0n) is 26.6. The zero-order valence-corrected chi connectivity index (χ0v) is 29.8. The molecule has 0 atom stereocenters. The molecule has 0 aliphatic heterocycles. The number of unbranched alkanes of at least 4 members (excludes halogenated alkanes) is 10. The predicted octanol–water partition coefficient (Wildman–Crippen LogP) is 14.1. The van der Waals surface area contributed by atoms with Crippen LogP contribution in [0.1, 0.15) is 115 Å². The van der Waals surface area contributed by atoms with Gasteiger partial charge in [0.1, 0.15) is 0 Å². The normalized spacial score (nSPS) is 13.5. The molecular formula is C41H47Br2N. The Hall–Kier alpha value is -2.36. The summed E-state index contributed by atoms with van der Waals surface area (Å²) >= 11 is 7.48. The van der Waals surface area contributed by atoms with E-state index in [-0.39, 0.29) is 5.41 Å². The van der Waals surface area contributed by atoms with E-state index < -0.39 is 0 Å². The number of nitrogens with zero attached hydrogens (tertiary/aromatic N) is 1. The van der Waals surface area contributed by atoms with Crippen LogP contribution in [0.3, 0.4) is 0 Å². The lowest BCUT2D eigenvalue weighted by molar-refractivity contribution is 0.398. The van der Waals surface area contributed by atoms with Crippen LogP contribution in [-0.4, -0.2) is 4.57 Å². The Balaban J connectivity index is 1.45. The van der Waals surface area contributed by atoms with Crippen molar-refractivity contribution in [1.82, 2.24) is 4.57 Å². The summed E-state index contributed by atoms with van der Waals surface area (Å²) in [6.45, 7) is 4.63. The van der Waals surface area contributed by atoms with Crippen molar-refractivity contribution in [1.29, 1.82) is 0 Å². The van der Waals surface area contributed by atoms with E-state index in [4.69, 9.17) is 0 Å². The maximum absolute atomic E-state index is 3.74. The molecule has 230 valence electrons. The second-order valence-electron chi connectivity index (χ2n) is 13.1. The molecule has 44 heavy (non-hydrogen) atoms. The van der Waals surface area contributed by atoms with Gasteiger partial charge in [-0.1, -0.05) is 153 Å². The fraction of sp³-hybridized carbons (Fsp3) is 0.415. The third-order valence-electron chi connectivity index (χ3n) is 10.1. The van der Waals surface area contributed by atoms with Gasteiger partial charge in [0.2, 0.25) is 0 Å². The lowest BCUT2D eigenvalue weighted by Gasteiger charge is -2.33. The van der Waals surface area contributed by atoms with Crippen LogP contribution in [0.15, 0.2) is 87.8 Å². The molecule has 0 saturated heterocycles. The Morgan fingerprint density at radius 1 is 0.523 bits per heavy atom. The van der Waals surface area contributed by atoms with Crippen LogP contribution in [-0.2, 0) is 5.41 Å². The molecule has 6 rings (SSSR count). The Morgan fingerprint density at radius 3 is 1.64 bits per heavy atom. The second-order valence-corrected chi connectivity index (χ2v) is 14.9. The quantitative estimate of drug-likeness (QED) is 0.0952. The van der Waals surface area contributed by atoms with Gasteiger partial charge in [-0.25, -0.2) is 0 Å². The van der Waals surface area contributed by atoms with Gasteiger partial charge in [0, 0.05) is 30.8 Å². The highest BCUT2D eigenvalue weighted by atomic mass is 79.9. The maximum atomic E-state index is 3.74. The van der Waals surface area contributed by atoms with E-state index in [2.05, 4.69) is 129 Å². The molecule has 0 unspecified atom stereocenters. The first-order valence-electron chi connectivity index (χ1n) is 17.2. The second kappa shape index (κ2) is 14.4. The van der Waals surface area contributed by atoms with Gasteiger partial charge in [-0.3, -0.25) is 0 Å². The van der Waals surface area contributed by atoms with E-state index in [1.54, 1.807) is 11.1 Å². The summed E-state index contributed by atoms with van der Waals surface area (Å²) in [5.74, 6) is 0. The number of rotatable bonds is 15. The molecule has 0 fully saturated rings. The van der Waals surface area contributed by atoms with Crippen molar-refractivity contribution in [3.8, 4) is 16.8 Å². The van der Waals surface area contributed by atoms with Crippen LogP contribution in [0.5, 0.6) is 0 Å². The lowest BCUT2D eigenvalue weighted by atomic mass is 9.70. The summed E-state index contributed by atoms with van der Waals surface area (Å²) in [6.07, 6.45) is 18.6. The van der Waals surface area contributed by atoms with Crippen molar-refractivity contribution in [3.05, 3.63) is 98.9 Å². The summed E-state index contributed by atoms with van der Waals surface area (Å²) in [5.41, 5.74) is 9.92. The van der Waals surface area contributed by atoms with Crippen LogP contribution < -0.4 is 0 Å². The Labute approximate surface area is 281 Å². The van der Waals surface area contributed by atoms with Crippen molar-refractivity contribution >= 4 is 53.7 Å². The highest BCUT2D eigenvalue weighted by molar-refractivity contribution is 9.10. The largest absolute Gasteiger partial charge is 0.309 e. The maximum Gasteiger partial charge on any atom is 0.0541 e. The minimum atomic E-state index is 0.0856. The summed E-state index contributed by atoms with van der Waals surface area (Å²) in [6, 6.07) is 30.2. The van der Waals surface area contributed by atoms with E-state index >= 15 is 0 Å². The van der Waals surface area contributed by atoms with Crippen LogP contribution in [0.25, 0.3) is 38.6 Å². The zero-order chi connectivity index (χ0) is 30.5. The summed E-state index contributed by atoms with van der Waals surface area (Å²) in [4.78, 5) is 0. The van der Waals surface area contributed by atoms with Crippen molar-refractivity contribution < 1.29 is 0 Å². The number of fused-ring (bicyclic) bond motifs is 6. The fourth-order valence-electron chi connectivity index (χ4n) is 7.91. The van der Waals surface area contributed by atoms with Crippen LogP contribution in [0.2, 0.25) is 0 Å². The average Bonchev–Trinajstić information content (AvgIpc) is 3.50.